The molecule has 0 aliphatic carbocycles. The molecule has 1 aromatic heterocycles. The van der Waals surface area contributed by atoms with E-state index in [-0.39, 0.29) is 18.1 Å². The standard InChI is InChI=1S/C23H27N3O3/c1-15-18(9-12-28-15)16-7-8-19-20(13-16)26(23(27)21-6-2-3-11-29-21)14-17-5-4-10-24-22(17)25-19/h4-5,7-8,10,13,15,18,21H,2-3,6,9,11-12,14H2,1H3,(H,24,25)/t15-,18-,21-/m1/s1. The number of anilines is 3. The zero-order valence-corrected chi connectivity index (χ0v) is 16.8. The third kappa shape index (κ3) is 3.51. The van der Waals surface area contributed by atoms with Crippen molar-refractivity contribution in [2.45, 2.75) is 57.3 Å². The van der Waals surface area contributed by atoms with Gasteiger partial charge in [-0.3, -0.25) is 4.79 Å². The minimum atomic E-state index is -0.368. The number of nitrogens with one attached hydrogen (secondary N) is 1. The Morgan fingerprint density at radius 1 is 1.17 bits per heavy atom. The summed E-state index contributed by atoms with van der Waals surface area (Å²) in [4.78, 5) is 19.9. The number of pyridine rings is 1. The number of hydrogen-bond donors (Lipinski definition) is 1. The lowest BCUT2D eigenvalue weighted by Crippen LogP contribution is -2.41. The summed E-state index contributed by atoms with van der Waals surface area (Å²) in [5, 5.41) is 3.44. The molecule has 1 amide bonds. The Balaban J connectivity index is 1.56. The highest BCUT2D eigenvalue weighted by atomic mass is 16.5. The van der Waals surface area contributed by atoms with Gasteiger partial charge in [0.05, 0.1) is 24.0 Å². The first-order valence-corrected chi connectivity index (χ1v) is 10.6. The number of aromatic nitrogens is 1. The Bertz CT molecular complexity index is 910. The number of carbonyl (C=O) groups excluding carboxylic acids is 1. The van der Waals surface area contributed by atoms with Crippen molar-refractivity contribution in [3.8, 4) is 0 Å². The SMILES string of the molecule is C[C@H]1OCC[C@H]1c1ccc2c(c1)N(C(=O)[C@H]1CCCCO1)Cc1cccnc1N2. The summed E-state index contributed by atoms with van der Waals surface area (Å²) in [6.07, 6.45) is 5.45. The molecule has 0 radical (unpaired) electrons. The second kappa shape index (κ2) is 7.76. The summed E-state index contributed by atoms with van der Waals surface area (Å²) in [5.74, 6) is 1.20. The number of ether oxygens (including phenoxy) is 2. The van der Waals surface area contributed by atoms with Crippen LogP contribution in [0, 0.1) is 0 Å². The van der Waals surface area contributed by atoms with E-state index in [1.54, 1.807) is 6.20 Å². The molecule has 0 unspecified atom stereocenters. The van der Waals surface area contributed by atoms with Crippen molar-refractivity contribution in [1.82, 2.24) is 4.98 Å². The summed E-state index contributed by atoms with van der Waals surface area (Å²) in [7, 11) is 0. The van der Waals surface area contributed by atoms with Crippen LogP contribution in [-0.2, 0) is 20.8 Å². The topological polar surface area (TPSA) is 63.7 Å². The normalized spacial score (nSPS) is 26.2. The Labute approximate surface area is 171 Å². The number of fused-ring (bicyclic) bond motifs is 2. The van der Waals surface area contributed by atoms with Gasteiger partial charge in [-0.25, -0.2) is 4.98 Å². The van der Waals surface area contributed by atoms with E-state index >= 15 is 0 Å². The summed E-state index contributed by atoms with van der Waals surface area (Å²) in [6, 6.07) is 10.3. The van der Waals surface area contributed by atoms with Crippen molar-refractivity contribution >= 4 is 23.1 Å². The zero-order valence-electron chi connectivity index (χ0n) is 16.8. The molecule has 1 aromatic carbocycles. The molecule has 4 heterocycles. The van der Waals surface area contributed by atoms with E-state index in [4.69, 9.17) is 9.47 Å². The number of benzene rings is 1. The molecule has 2 saturated heterocycles. The molecular weight excluding hydrogens is 366 g/mol. The number of carbonyl (C=O) groups is 1. The van der Waals surface area contributed by atoms with Gasteiger partial charge in [0.15, 0.2) is 0 Å². The minimum absolute atomic E-state index is 0.0392. The predicted octanol–water partition coefficient (Wildman–Crippen LogP) is 4.13. The van der Waals surface area contributed by atoms with Crippen molar-refractivity contribution in [3.05, 3.63) is 47.7 Å². The molecule has 6 nitrogen and oxygen atoms in total. The number of hydrogen-bond acceptors (Lipinski definition) is 5. The summed E-state index contributed by atoms with van der Waals surface area (Å²) in [6.45, 7) is 4.06. The maximum Gasteiger partial charge on any atom is 0.256 e. The van der Waals surface area contributed by atoms with Gasteiger partial charge in [-0.05, 0) is 56.4 Å². The van der Waals surface area contributed by atoms with Crippen LogP contribution in [0.4, 0.5) is 17.2 Å². The quantitative estimate of drug-likeness (QED) is 0.831. The van der Waals surface area contributed by atoms with Crippen molar-refractivity contribution in [2.75, 3.05) is 23.4 Å². The highest BCUT2D eigenvalue weighted by Gasteiger charge is 2.33. The van der Waals surface area contributed by atoms with Gasteiger partial charge < -0.3 is 19.7 Å². The van der Waals surface area contributed by atoms with E-state index in [0.29, 0.717) is 19.1 Å². The van der Waals surface area contributed by atoms with Crippen LogP contribution in [0.1, 0.15) is 49.7 Å². The first-order chi connectivity index (χ1) is 14.2. The first kappa shape index (κ1) is 18.6. The van der Waals surface area contributed by atoms with Gasteiger partial charge in [0.25, 0.3) is 5.91 Å². The second-order valence-corrected chi connectivity index (χ2v) is 8.16. The third-order valence-electron chi connectivity index (χ3n) is 6.31. The van der Waals surface area contributed by atoms with E-state index in [0.717, 1.165) is 55.0 Å². The van der Waals surface area contributed by atoms with Gasteiger partial charge >= 0.3 is 0 Å². The van der Waals surface area contributed by atoms with Crippen LogP contribution in [0.25, 0.3) is 0 Å². The molecular formula is C23H27N3O3. The molecule has 2 fully saturated rings. The van der Waals surface area contributed by atoms with Gasteiger partial charge in [-0.15, -0.1) is 0 Å². The van der Waals surface area contributed by atoms with Crippen LogP contribution in [0.2, 0.25) is 0 Å². The van der Waals surface area contributed by atoms with Crippen molar-refractivity contribution < 1.29 is 14.3 Å². The molecule has 3 aliphatic heterocycles. The third-order valence-corrected chi connectivity index (χ3v) is 6.31. The van der Waals surface area contributed by atoms with E-state index in [9.17, 15) is 4.79 Å². The molecule has 29 heavy (non-hydrogen) atoms. The molecule has 5 rings (SSSR count). The molecule has 0 saturated carbocycles. The fourth-order valence-corrected chi connectivity index (χ4v) is 4.65. The second-order valence-electron chi connectivity index (χ2n) is 8.16. The maximum absolute atomic E-state index is 13.5. The molecule has 1 N–H and O–H groups in total. The molecule has 0 bridgehead atoms. The van der Waals surface area contributed by atoms with E-state index in [1.807, 2.05) is 17.0 Å². The highest BCUT2D eigenvalue weighted by Crippen LogP contribution is 2.40. The van der Waals surface area contributed by atoms with E-state index < -0.39 is 0 Å². The van der Waals surface area contributed by atoms with Gasteiger partial charge in [0.1, 0.15) is 11.9 Å². The van der Waals surface area contributed by atoms with Gasteiger partial charge in [-0.1, -0.05) is 12.1 Å². The minimum Gasteiger partial charge on any atom is -0.378 e. The van der Waals surface area contributed by atoms with Crippen LogP contribution in [0.5, 0.6) is 0 Å². The van der Waals surface area contributed by atoms with Crippen LogP contribution in [-0.4, -0.2) is 36.3 Å². The van der Waals surface area contributed by atoms with Crippen LogP contribution in [0.3, 0.4) is 0 Å². The Hall–Kier alpha value is -2.44. The zero-order chi connectivity index (χ0) is 19.8. The molecule has 0 spiro atoms. The predicted molar refractivity (Wildman–Crippen MR) is 112 cm³/mol. The first-order valence-electron chi connectivity index (χ1n) is 10.6. The van der Waals surface area contributed by atoms with E-state index in [2.05, 4.69) is 35.4 Å². The van der Waals surface area contributed by atoms with Crippen molar-refractivity contribution in [3.63, 3.8) is 0 Å². The lowest BCUT2D eigenvalue weighted by Gasteiger charge is -2.30. The van der Waals surface area contributed by atoms with Gasteiger partial charge in [0.2, 0.25) is 0 Å². The average Bonchev–Trinajstić information content (AvgIpc) is 3.11. The fourth-order valence-electron chi connectivity index (χ4n) is 4.65. The van der Waals surface area contributed by atoms with Crippen LogP contribution >= 0.6 is 0 Å². The van der Waals surface area contributed by atoms with Crippen molar-refractivity contribution in [1.29, 1.82) is 0 Å². The number of rotatable bonds is 2. The summed E-state index contributed by atoms with van der Waals surface area (Å²) < 4.78 is 11.6. The smallest absolute Gasteiger partial charge is 0.256 e. The van der Waals surface area contributed by atoms with Crippen LogP contribution in [0.15, 0.2) is 36.5 Å². The Morgan fingerprint density at radius 3 is 2.90 bits per heavy atom. The number of nitrogens with zero attached hydrogens (tertiary/aromatic N) is 2. The van der Waals surface area contributed by atoms with Gasteiger partial charge in [0, 0.05) is 30.9 Å². The van der Waals surface area contributed by atoms with Gasteiger partial charge in [-0.2, -0.15) is 0 Å². The highest BCUT2D eigenvalue weighted by molar-refractivity contribution is 6.01. The number of amides is 1. The summed E-state index contributed by atoms with van der Waals surface area (Å²) in [5.41, 5.74) is 4.03. The molecule has 3 aliphatic rings. The molecule has 6 heteroatoms. The molecule has 152 valence electrons. The van der Waals surface area contributed by atoms with Crippen molar-refractivity contribution in [2.24, 2.45) is 0 Å². The molecule has 3 atom stereocenters. The molecule has 2 aromatic rings. The monoisotopic (exact) mass is 393 g/mol. The lowest BCUT2D eigenvalue weighted by molar-refractivity contribution is -0.132. The lowest BCUT2D eigenvalue weighted by atomic mass is 9.92. The fraction of sp³-hybridized carbons (Fsp3) is 0.478. The average molecular weight is 393 g/mol. The van der Waals surface area contributed by atoms with Crippen LogP contribution < -0.4 is 10.2 Å². The van der Waals surface area contributed by atoms with E-state index in [1.165, 1.54) is 5.56 Å². The Kier molecular flexibility index (Phi) is 4.97. The Morgan fingerprint density at radius 2 is 2.10 bits per heavy atom. The maximum atomic E-state index is 13.5. The summed E-state index contributed by atoms with van der Waals surface area (Å²) >= 11 is 0. The largest absolute Gasteiger partial charge is 0.378 e.